The van der Waals surface area contributed by atoms with E-state index in [2.05, 4.69) is 5.32 Å². The maximum atomic E-state index is 13.5. The van der Waals surface area contributed by atoms with Gasteiger partial charge in [-0.05, 0) is 31.0 Å². The lowest BCUT2D eigenvalue weighted by atomic mass is 9.97. The fraction of sp³-hybridized carbons (Fsp3) is 0.462. The van der Waals surface area contributed by atoms with Crippen LogP contribution in [0.3, 0.4) is 0 Å². The van der Waals surface area contributed by atoms with E-state index >= 15 is 0 Å². The first kappa shape index (κ1) is 12.8. The summed E-state index contributed by atoms with van der Waals surface area (Å²) < 4.78 is 18.7. The monoisotopic (exact) mass is 253 g/mol. The van der Waals surface area contributed by atoms with Crippen LogP contribution in [0.5, 0.6) is 5.75 Å². The number of methoxy groups -OCH3 is 1. The van der Waals surface area contributed by atoms with Crippen LogP contribution in [0.2, 0.25) is 0 Å². The molecule has 2 unspecified atom stereocenters. The predicted molar refractivity (Wildman–Crippen MR) is 64.2 cm³/mol. The van der Waals surface area contributed by atoms with E-state index in [-0.39, 0.29) is 11.9 Å². The van der Waals surface area contributed by atoms with Crippen LogP contribution in [0.15, 0.2) is 12.1 Å². The fourth-order valence-corrected chi connectivity index (χ4v) is 2.45. The highest BCUT2D eigenvalue weighted by atomic mass is 19.1. The number of aliphatic carboxylic acids is 1. The largest absolute Gasteiger partial charge is 0.496 e. The number of rotatable bonds is 3. The number of carbonyl (C=O) groups is 1. The van der Waals surface area contributed by atoms with E-state index in [9.17, 15) is 9.18 Å². The molecule has 0 aliphatic carbocycles. The summed E-state index contributed by atoms with van der Waals surface area (Å²) in [5.41, 5.74) is 1.41. The molecule has 2 N–H and O–H groups in total. The first-order chi connectivity index (χ1) is 8.52. The molecule has 0 spiro atoms. The molecular formula is C13H16FNO3. The third-order valence-corrected chi connectivity index (χ3v) is 3.33. The van der Waals surface area contributed by atoms with Crippen molar-refractivity contribution < 1.29 is 19.0 Å². The highest BCUT2D eigenvalue weighted by Gasteiger charge is 2.32. The minimum absolute atomic E-state index is 0.171. The molecule has 1 aromatic carbocycles. The minimum Gasteiger partial charge on any atom is -0.496 e. The lowest BCUT2D eigenvalue weighted by Gasteiger charge is -2.17. The summed E-state index contributed by atoms with van der Waals surface area (Å²) in [5, 5.41) is 12.1. The van der Waals surface area contributed by atoms with Gasteiger partial charge in [-0.2, -0.15) is 0 Å². The summed E-state index contributed by atoms with van der Waals surface area (Å²) in [5.74, 6) is -0.954. The number of carboxylic acid groups (broad SMARTS) is 1. The van der Waals surface area contributed by atoms with E-state index in [1.807, 2.05) is 0 Å². The maximum absolute atomic E-state index is 13.5. The van der Waals surface area contributed by atoms with E-state index in [0.717, 1.165) is 0 Å². The Morgan fingerprint density at radius 2 is 2.28 bits per heavy atom. The summed E-state index contributed by atoms with van der Waals surface area (Å²) in [4.78, 5) is 10.9. The molecule has 98 valence electrons. The SMILES string of the molecule is COc1c(C)cc(F)cc1C1CC(C(=O)O)CN1. The maximum Gasteiger partial charge on any atom is 0.307 e. The lowest BCUT2D eigenvalue weighted by molar-refractivity contribution is -0.141. The molecule has 1 aliphatic heterocycles. The summed E-state index contributed by atoms with van der Waals surface area (Å²) in [6.07, 6.45) is 0.453. The molecule has 18 heavy (non-hydrogen) atoms. The molecule has 0 aromatic heterocycles. The standard InChI is InChI=1S/C13H16FNO3/c1-7-3-9(14)5-10(12(7)18-2)11-4-8(6-15-11)13(16)17/h3,5,8,11,15H,4,6H2,1-2H3,(H,16,17). The highest BCUT2D eigenvalue weighted by molar-refractivity contribution is 5.71. The van der Waals surface area contributed by atoms with Gasteiger partial charge in [-0.15, -0.1) is 0 Å². The summed E-state index contributed by atoms with van der Waals surface area (Å²) >= 11 is 0. The molecule has 2 rings (SSSR count). The number of nitrogens with one attached hydrogen (secondary N) is 1. The molecule has 5 heteroatoms. The molecule has 1 aliphatic rings. The van der Waals surface area contributed by atoms with Gasteiger partial charge in [-0.25, -0.2) is 4.39 Å². The Bertz CT molecular complexity index is 476. The van der Waals surface area contributed by atoms with Gasteiger partial charge in [0.05, 0.1) is 13.0 Å². The Balaban J connectivity index is 2.31. The topological polar surface area (TPSA) is 58.6 Å². The second-order valence-electron chi connectivity index (χ2n) is 4.58. The van der Waals surface area contributed by atoms with Crippen molar-refractivity contribution in [3.8, 4) is 5.75 Å². The molecule has 1 saturated heterocycles. The van der Waals surface area contributed by atoms with Crippen molar-refractivity contribution in [1.82, 2.24) is 5.32 Å². The van der Waals surface area contributed by atoms with Crippen molar-refractivity contribution in [2.24, 2.45) is 5.92 Å². The minimum atomic E-state index is -0.822. The van der Waals surface area contributed by atoms with Gasteiger partial charge in [0, 0.05) is 18.2 Å². The van der Waals surface area contributed by atoms with Crippen LogP contribution in [-0.4, -0.2) is 24.7 Å². The van der Waals surface area contributed by atoms with Crippen molar-refractivity contribution in [2.75, 3.05) is 13.7 Å². The molecular weight excluding hydrogens is 237 g/mol. The molecule has 0 bridgehead atoms. The van der Waals surface area contributed by atoms with Gasteiger partial charge >= 0.3 is 5.97 Å². The van der Waals surface area contributed by atoms with Crippen LogP contribution in [0.1, 0.15) is 23.6 Å². The van der Waals surface area contributed by atoms with Crippen LogP contribution in [0, 0.1) is 18.7 Å². The van der Waals surface area contributed by atoms with Crippen LogP contribution >= 0.6 is 0 Å². The van der Waals surface area contributed by atoms with Crippen LogP contribution in [0.4, 0.5) is 4.39 Å². The van der Waals surface area contributed by atoms with Crippen molar-refractivity contribution in [3.05, 3.63) is 29.1 Å². The average Bonchev–Trinajstić information content (AvgIpc) is 2.77. The Hall–Kier alpha value is -1.62. The number of aryl methyl sites for hydroxylation is 1. The zero-order chi connectivity index (χ0) is 13.3. The first-order valence-corrected chi connectivity index (χ1v) is 5.83. The van der Waals surface area contributed by atoms with Crippen LogP contribution < -0.4 is 10.1 Å². The molecule has 1 heterocycles. The number of hydrogen-bond acceptors (Lipinski definition) is 3. The van der Waals surface area contributed by atoms with Crippen molar-refractivity contribution in [3.63, 3.8) is 0 Å². The summed E-state index contributed by atoms with van der Waals surface area (Å²) in [6.45, 7) is 2.17. The number of benzene rings is 1. The Morgan fingerprint density at radius 1 is 1.56 bits per heavy atom. The smallest absolute Gasteiger partial charge is 0.307 e. The number of hydrogen-bond donors (Lipinski definition) is 2. The molecule has 4 nitrogen and oxygen atoms in total. The van der Waals surface area contributed by atoms with E-state index < -0.39 is 11.9 Å². The normalized spacial score (nSPS) is 23.1. The quantitative estimate of drug-likeness (QED) is 0.863. The predicted octanol–water partition coefficient (Wildman–Crippen LogP) is 1.88. The van der Waals surface area contributed by atoms with E-state index in [1.54, 1.807) is 6.92 Å². The molecule has 1 aromatic rings. The molecule has 0 saturated carbocycles. The highest BCUT2D eigenvalue weighted by Crippen LogP contribution is 2.35. The van der Waals surface area contributed by atoms with E-state index in [1.165, 1.54) is 19.2 Å². The summed E-state index contributed by atoms with van der Waals surface area (Å²) in [7, 11) is 1.54. The van der Waals surface area contributed by atoms with Gasteiger partial charge < -0.3 is 15.2 Å². The number of carboxylic acids is 1. The Morgan fingerprint density at radius 3 is 2.83 bits per heavy atom. The zero-order valence-corrected chi connectivity index (χ0v) is 10.4. The Kier molecular flexibility index (Phi) is 3.52. The third-order valence-electron chi connectivity index (χ3n) is 3.33. The first-order valence-electron chi connectivity index (χ1n) is 5.83. The molecule has 0 radical (unpaired) electrons. The van der Waals surface area contributed by atoms with Gasteiger partial charge in [-0.1, -0.05) is 0 Å². The van der Waals surface area contributed by atoms with Crippen LogP contribution in [-0.2, 0) is 4.79 Å². The number of halogens is 1. The van der Waals surface area contributed by atoms with E-state index in [0.29, 0.717) is 29.8 Å². The van der Waals surface area contributed by atoms with Crippen molar-refractivity contribution in [1.29, 1.82) is 0 Å². The van der Waals surface area contributed by atoms with Crippen LogP contribution in [0.25, 0.3) is 0 Å². The second kappa shape index (κ2) is 4.94. The van der Waals surface area contributed by atoms with Crippen molar-refractivity contribution in [2.45, 2.75) is 19.4 Å². The Labute approximate surface area is 105 Å². The van der Waals surface area contributed by atoms with Gasteiger partial charge in [0.15, 0.2) is 0 Å². The third kappa shape index (κ3) is 2.31. The number of ether oxygens (including phenoxy) is 1. The summed E-state index contributed by atoms with van der Waals surface area (Å²) in [6, 6.07) is 2.65. The molecule has 2 atom stereocenters. The van der Waals surface area contributed by atoms with Crippen molar-refractivity contribution >= 4 is 5.97 Å². The molecule has 1 fully saturated rings. The molecule has 0 amide bonds. The van der Waals surface area contributed by atoms with E-state index in [4.69, 9.17) is 9.84 Å². The zero-order valence-electron chi connectivity index (χ0n) is 10.4. The fourth-order valence-electron chi connectivity index (χ4n) is 2.45. The van der Waals surface area contributed by atoms with Gasteiger partial charge in [0.25, 0.3) is 0 Å². The average molecular weight is 253 g/mol. The van der Waals surface area contributed by atoms with Gasteiger partial charge in [0.2, 0.25) is 0 Å². The van der Waals surface area contributed by atoms with Gasteiger partial charge in [-0.3, -0.25) is 4.79 Å². The second-order valence-corrected chi connectivity index (χ2v) is 4.58. The van der Waals surface area contributed by atoms with Gasteiger partial charge in [0.1, 0.15) is 11.6 Å². The lowest BCUT2D eigenvalue weighted by Crippen LogP contribution is -2.17.